The van der Waals surface area contributed by atoms with Crippen molar-refractivity contribution in [1.29, 1.82) is 0 Å². The number of carbonyl (C=O) groups is 1. The Kier molecular flexibility index (Phi) is 3.56. The lowest BCUT2D eigenvalue weighted by molar-refractivity contribution is -0.137. The highest BCUT2D eigenvalue weighted by Gasteiger charge is 2.17. The second-order valence-corrected chi connectivity index (χ2v) is 5.09. The van der Waals surface area contributed by atoms with Crippen LogP contribution in [0.2, 0.25) is 0 Å². The average Bonchev–Trinajstić information content (AvgIpc) is 2.47. The summed E-state index contributed by atoms with van der Waals surface area (Å²) in [6.07, 6.45) is 1.61. The Bertz CT molecular complexity index is 538. The van der Waals surface area contributed by atoms with E-state index in [-0.39, 0.29) is 6.54 Å². The van der Waals surface area contributed by atoms with Gasteiger partial charge in [-0.2, -0.15) is 0 Å². The molecule has 20 heavy (non-hydrogen) atoms. The van der Waals surface area contributed by atoms with Crippen molar-refractivity contribution in [2.75, 3.05) is 37.6 Å². The Hall–Kier alpha value is -2.08. The molecule has 0 unspecified atom stereocenters. The quantitative estimate of drug-likeness (QED) is 0.847. The van der Waals surface area contributed by atoms with Gasteiger partial charge >= 0.3 is 5.97 Å². The van der Waals surface area contributed by atoms with Gasteiger partial charge in [0.1, 0.15) is 6.54 Å². The molecule has 0 saturated carbocycles. The molecule has 1 saturated heterocycles. The first kappa shape index (κ1) is 12.9. The van der Waals surface area contributed by atoms with Crippen molar-refractivity contribution in [2.45, 2.75) is 6.54 Å². The summed E-state index contributed by atoms with van der Waals surface area (Å²) in [6, 6.07) is 6.24. The summed E-state index contributed by atoms with van der Waals surface area (Å²) in [5, 5.41) is 12.2. The second-order valence-electron chi connectivity index (χ2n) is 5.09. The van der Waals surface area contributed by atoms with Crippen LogP contribution in [0.25, 0.3) is 0 Å². The summed E-state index contributed by atoms with van der Waals surface area (Å²) in [6.45, 7) is 4.59. The van der Waals surface area contributed by atoms with Crippen LogP contribution in [0.1, 0.15) is 5.56 Å². The number of rotatable bonds is 3. The van der Waals surface area contributed by atoms with Gasteiger partial charge in [0.05, 0.1) is 12.0 Å². The molecule has 2 aliphatic rings. The van der Waals surface area contributed by atoms with Gasteiger partial charge in [-0.25, -0.2) is 4.99 Å². The van der Waals surface area contributed by atoms with E-state index in [9.17, 15) is 4.79 Å². The number of nitrogens with one attached hydrogen (secondary N) is 1. The number of anilines is 1. The van der Waals surface area contributed by atoms with Crippen LogP contribution in [0.4, 0.5) is 11.4 Å². The molecule has 0 amide bonds. The monoisotopic (exact) mass is 274 g/mol. The van der Waals surface area contributed by atoms with E-state index in [4.69, 9.17) is 5.11 Å². The van der Waals surface area contributed by atoms with Crippen molar-refractivity contribution in [3.05, 3.63) is 23.8 Å². The van der Waals surface area contributed by atoms with Crippen molar-refractivity contribution in [2.24, 2.45) is 4.99 Å². The first-order valence-electron chi connectivity index (χ1n) is 6.81. The predicted molar refractivity (Wildman–Crippen MR) is 77.7 cm³/mol. The maximum Gasteiger partial charge on any atom is 0.323 e. The van der Waals surface area contributed by atoms with E-state index in [2.05, 4.69) is 27.3 Å². The highest BCUT2D eigenvalue weighted by molar-refractivity contribution is 5.76. The van der Waals surface area contributed by atoms with E-state index >= 15 is 0 Å². The number of piperazine rings is 1. The lowest BCUT2D eigenvalue weighted by atomic mass is 10.1. The van der Waals surface area contributed by atoms with E-state index in [0.717, 1.165) is 37.4 Å². The number of hydrogen-bond donors (Lipinski definition) is 2. The highest BCUT2D eigenvalue weighted by Crippen LogP contribution is 2.28. The van der Waals surface area contributed by atoms with E-state index in [1.54, 1.807) is 11.2 Å². The minimum absolute atomic E-state index is 0.0131. The summed E-state index contributed by atoms with van der Waals surface area (Å²) in [5.41, 5.74) is 3.22. The molecule has 0 atom stereocenters. The van der Waals surface area contributed by atoms with E-state index in [0.29, 0.717) is 6.54 Å². The number of carboxylic acid groups (broad SMARTS) is 1. The molecular formula is C14H18N4O2. The molecule has 6 heteroatoms. The molecule has 1 aromatic rings. The number of hydrogen-bond acceptors (Lipinski definition) is 5. The molecule has 2 aliphatic heterocycles. The zero-order chi connectivity index (χ0) is 13.9. The molecule has 2 N–H and O–H groups in total. The molecule has 0 aromatic heterocycles. The van der Waals surface area contributed by atoms with E-state index < -0.39 is 5.97 Å². The lowest BCUT2D eigenvalue weighted by Gasteiger charge is -2.31. The average molecular weight is 274 g/mol. The maximum atomic E-state index is 10.8. The zero-order valence-electron chi connectivity index (χ0n) is 11.2. The Morgan fingerprint density at radius 1 is 1.35 bits per heavy atom. The maximum absolute atomic E-state index is 10.8. The zero-order valence-corrected chi connectivity index (χ0v) is 11.2. The molecule has 2 heterocycles. The number of aliphatic carboxylic acids is 1. The fraction of sp³-hybridized carbons (Fsp3) is 0.429. The molecule has 1 aromatic carbocycles. The summed E-state index contributed by atoms with van der Waals surface area (Å²) in [7, 11) is 0. The Morgan fingerprint density at radius 2 is 2.15 bits per heavy atom. The van der Waals surface area contributed by atoms with Crippen LogP contribution >= 0.6 is 0 Å². The van der Waals surface area contributed by atoms with Crippen LogP contribution < -0.4 is 10.2 Å². The summed E-state index contributed by atoms with van der Waals surface area (Å²) in [5.74, 6) is -0.835. The van der Waals surface area contributed by atoms with Gasteiger partial charge in [-0.05, 0) is 23.8 Å². The van der Waals surface area contributed by atoms with Gasteiger partial charge in [0.2, 0.25) is 0 Å². The van der Waals surface area contributed by atoms with Crippen molar-refractivity contribution in [3.8, 4) is 0 Å². The van der Waals surface area contributed by atoms with Crippen molar-refractivity contribution >= 4 is 23.7 Å². The standard InChI is InChI=1S/C14H18N4O2/c19-14(20)9-17-8-11-7-12(1-2-13(11)16-10-17)18-5-3-15-4-6-18/h1-2,7,10,15H,3-6,8-9H2,(H,19,20). The van der Waals surface area contributed by atoms with Gasteiger partial charge in [-0.15, -0.1) is 0 Å². The summed E-state index contributed by atoms with van der Waals surface area (Å²) < 4.78 is 0. The fourth-order valence-corrected chi connectivity index (χ4v) is 2.62. The number of fused-ring (bicyclic) bond motifs is 1. The molecule has 0 radical (unpaired) electrons. The molecule has 3 rings (SSSR count). The Morgan fingerprint density at radius 3 is 2.90 bits per heavy atom. The van der Waals surface area contributed by atoms with Crippen LogP contribution in [0.3, 0.4) is 0 Å². The molecule has 106 valence electrons. The fourth-order valence-electron chi connectivity index (χ4n) is 2.62. The number of aliphatic imine (C=N–C) groups is 1. The molecule has 1 fully saturated rings. The van der Waals surface area contributed by atoms with Gasteiger partial charge in [-0.1, -0.05) is 0 Å². The van der Waals surface area contributed by atoms with Crippen LogP contribution in [-0.2, 0) is 11.3 Å². The second kappa shape index (κ2) is 5.50. The molecule has 6 nitrogen and oxygen atoms in total. The van der Waals surface area contributed by atoms with Crippen LogP contribution in [-0.4, -0.2) is 55.0 Å². The van der Waals surface area contributed by atoms with Gasteiger partial charge < -0.3 is 20.2 Å². The minimum Gasteiger partial charge on any atom is -0.480 e. The van der Waals surface area contributed by atoms with Crippen LogP contribution in [0.5, 0.6) is 0 Å². The Labute approximate surface area is 117 Å². The smallest absolute Gasteiger partial charge is 0.323 e. The normalized spacial score (nSPS) is 18.0. The number of nitrogens with zero attached hydrogens (tertiary/aromatic N) is 3. The lowest BCUT2D eigenvalue weighted by Crippen LogP contribution is -2.43. The topological polar surface area (TPSA) is 68.2 Å². The third kappa shape index (κ3) is 2.75. The first-order valence-corrected chi connectivity index (χ1v) is 6.81. The molecule has 0 aliphatic carbocycles. The number of carboxylic acids is 1. The molecular weight excluding hydrogens is 256 g/mol. The van der Waals surface area contributed by atoms with Gasteiger partial charge in [0.15, 0.2) is 0 Å². The minimum atomic E-state index is -0.835. The van der Waals surface area contributed by atoms with Crippen LogP contribution in [0, 0.1) is 0 Å². The van der Waals surface area contributed by atoms with E-state index in [1.807, 2.05) is 6.07 Å². The SMILES string of the molecule is O=C(O)CN1C=Nc2ccc(N3CCNCC3)cc2C1. The Balaban J connectivity index is 1.78. The summed E-state index contributed by atoms with van der Waals surface area (Å²) >= 11 is 0. The number of benzene rings is 1. The molecule has 0 bridgehead atoms. The van der Waals surface area contributed by atoms with Crippen LogP contribution in [0.15, 0.2) is 23.2 Å². The predicted octanol–water partition coefficient (Wildman–Crippen LogP) is 0.656. The largest absolute Gasteiger partial charge is 0.480 e. The van der Waals surface area contributed by atoms with Gasteiger partial charge in [-0.3, -0.25) is 4.79 Å². The third-order valence-corrected chi connectivity index (χ3v) is 3.62. The molecule has 0 spiro atoms. The van der Waals surface area contributed by atoms with Gasteiger partial charge in [0, 0.05) is 38.4 Å². The highest BCUT2D eigenvalue weighted by atomic mass is 16.4. The van der Waals surface area contributed by atoms with E-state index in [1.165, 1.54) is 5.69 Å². The van der Waals surface area contributed by atoms with Crippen molar-refractivity contribution in [3.63, 3.8) is 0 Å². The first-order chi connectivity index (χ1) is 9.72. The van der Waals surface area contributed by atoms with Crippen molar-refractivity contribution in [1.82, 2.24) is 10.2 Å². The summed E-state index contributed by atoms with van der Waals surface area (Å²) in [4.78, 5) is 19.2. The third-order valence-electron chi connectivity index (χ3n) is 3.62. The van der Waals surface area contributed by atoms with Crippen molar-refractivity contribution < 1.29 is 9.90 Å². The van der Waals surface area contributed by atoms with Gasteiger partial charge in [0.25, 0.3) is 0 Å².